The van der Waals surface area contributed by atoms with Crippen LogP contribution < -0.4 is 14.4 Å². The van der Waals surface area contributed by atoms with Gasteiger partial charge in [0.05, 0.1) is 20.6 Å². The Bertz CT molecular complexity index is 705. The van der Waals surface area contributed by atoms with Crippen LogP contribution in [0.3, 0.4) is 0 Å². The quantitative estimate of drug-likeness (QED) is 0.807. The zero-order valence-corrected chi connectivity index (χ0v) is 15.1. The summed E-state index contributed by atoms with van der Waals surface area (Å²) in [5.74, 6) is 1.45. The van der Waals surface area contributed by atoms with Crippen LogP contribution in [0.2, 0.25) is 0 Å². The van der Waals surface area contributed by atoms with Crippen LogP contribution in [0.5, 0.6) is 11.5 Å². The lowest BCUT2D eigenvalue weighted by atomic mass is 10.1. The third-order valence-electron chi connectivity index (χ3n) is 3.96. The van der Waals surface area contributed by atoms with E-state index in [-0.39, 0.29) is 12.3 Å². The SMILES string of the molecule is CCN(C(=O)Cc1cc(OC)ccc1OC)c1cc(C)cc(C)c1. The smallest absolute Gasteiger partial charge is 0.231 e. The molecule has 0 atom stereocenters. The van der Waals surface area contributed by atoms with Crippen LogP contribution in [-0.2, 0) is 11.2 Å². The van der Waals surface area contributed by atoms with E-state index in [9.17, 15) is 4.79 Å². The molecule has 1 amide bonds. The van der Waals surface area contributed by atoms with E-state index in [4.69, 9.17) is 9.47 Å². The summed E-state index contributed by atoms with van der Waals surface area (Å²) in [4.78, 5) is 14.7. The average Bonchev–Trinajstić information content (AvgIpc) is 2.54. The van der Waals surface area contributed by atoms with E-state index in [1.54, 1.807) is 19.1 Å². The van der Waals surface area contributed by atoms with Gasteiger partial charge in [-0.05, 0) is 62.2 Å². The Kier molecular flexibility index (Phi) is 5.85. The number of carbonyl (C=O) groups is 1. The van der Waals surface area contributed by atoms with Crippen molar-refractivity contribution in [2.24, 2.45) is 0 Å². The first-order chi connectivity index (χ1) is 11.5. The first-order valence-electron chi connectivity index (χ1n) is 8.08. The monoisotopic (exact) mass is 327 g/mol. The number of carbonyl (C=O) groups excluding carboxylic acids is 1. The molecule has 0 saturated carbocycles. The minimum absolute atomic E-state index is 0.0362. The molecule has 0 aliphatic carbocycles. The summed E-state index contributed by atoms with van der Waals surface area (Å²) in [5.41, 5.74) is 4.05. The van der Waals surface area contributed by atoms with Gasteiger partial charge < -0.3 is 14.4 Å². The zero-order chi connectivity index (χ0) is 17.7. The first kappa shape index (κ1) is 17.9. The van der Waals surface area contributed by atoms with Crippen molar-refractivity contribution in [3.05, 3.63) is 53.1 Å². The maximum atomic E-state index is 12.9. The van der Waals surface area contributed by atoms with Gasteiger partial charge in [-0.2, -0.15) is 0 Å². The van der Waals surface area contributed by atoms with Crippen LogP contribution in [0.15, 0.2) is 36.4 Å². The summed E-state index contributed by atoms with van der Waals surface area (Å²) in [7, 11) is 3.22. The molecule has 0 heterocycles. The van der Waals surface area contributed by atoms with E-state index >= 15 is 0 Å². The molecule has 0 spiro atoms. The predicted molar refractivity (Wildman–Crippen MR) is 97.2 cm³/mol. The van der Waals surface area contributed by atoms with Crippen molar-refractivity contribution < 1.29 is 14.3 Å². The minimum Gasteiger partial charge on any atom is -0.497 e. The van der Waals surface area contributed by atoms with Gasteiger partial charge in [-0.3, -0.25) is 4.79 Å². The summed E-state index contributed by atoms with van der Waals surface area (Å²) in [6, 6.07) is 11.7. The second kappa shape index (κ2) is 7.86. The van der Waals surface area contributed by atoms with E-state index in [0.717, 1.165) is 22.4 Å². The standard InChI is InChI=1S/C20H25NO3/c1-6-21(17-10-14(2)9-15(3)11-17)20(22)13-16-12-18(23-4)7-8-19(16)24-5/h7-12H,6,13H2,1-5H3. The van der Waals surface area contributed by atoms with E-state index in [1.807, 2.05) is 51.1 Å². The Hall–Kier alpha value is -2.49. The largest absolute Gasteiger partial charge is 0.497 e. The van der Waals surface area contributed by atoms with Gasteiger partial charge in [0.2, 0.25) is 5.91 Å². The molecule has 0 bridgehead atoms. The fourth-order valence-corrected chi connectivity index (χ4v) is 2.89. The highest BCUT2D eigenvalue weighted by Crippen LogP contribution is 2.26. The molecule has 0 N–H and O–H groups in total. The summed E-state index contributed by atoms with van der Waals surface area (Å²) >= 11 is 0. The predicted octanol–water partition coefficient (Wildman–Crippen LogP) is 3.92. The van der Waals surface area contributed by atoms with Gasteiger partial charge in [-0.25, -0.2) is 0 Å². The Morgan fingerprint density at radius 2 is 1.67 bits per heavy atom. The molecule has 2 aromatic rings. The highest BCUT2D eigenvalue weighted by molar-refractivity contribution is 5.95. The van der Waals surface area contributed by atoms with Crippen LogP contribution in [0.1, 0.15) is 23.6 Å². The zero-order valence-electron chi connectivity index (χ0n) is 15.1. The number of ether oxygens (including phenoxy) is 2. The van der Waals surface area contributed by atoms with Crippen molar-refractivity contribution in [1.29, 1.82) is 0 Å². The van der Waals surface area contributed by atoms with Gasteiger partial charge in [0, 0.05) is 17.8 Å². The first-order valence-corrected chi connectivity index (χ1v) is 8.08. The number of anilines is 1. The fourth-order valence-electron chi connectivity index (χ4n) is 2.89. The van der Waals surface area contributed by atoms with Crippen LogP contribution in [0, 0.1) is 13.8 Å². The maximum Gasteiger partial charge on any atom is 0.231 e. The van der Waals surface area contributed by atoms with E-state index < -0.39 is 0 Å². The van der Waals surface area contributed by atoms with Crippen molar-refractivity contribution in [2.45, 2.75) is 27.2 Å². The molecule has 0 saturated heterocycles. The molecule has 0 aliphatic heterocycles. The second-order valence-electron chi connectivity index (χ2n) is 5.84. The highest BCUT2D eigenvalue weighted by atomic mass is 16.5. The average molecular weight is 327 g/mol. The van der Waals surface area contributed by atoms with Gasteiger partial charge in [-0.15, -0.1) is 0 Å². The number of hydrogen-bond donors (Lipinski definition) is 0. The number of hydrogen-bond acceptors (Lipinski definition) is 3. The molecule has 24 heavy (non-hydrogen) atoms. The molecule has 128 valence electrons. The highest BCUT2D eigenvalue weighted by Gasteiger charge is 2.17. The van der Waals surface area contributed by atoms with Gasteiger partial charge in [0.25, 0.3) is 0 Å². The number of aryl methyl sites for hydroxylation is 2. The number of nitrogens with zero attached hydrogens (tertiary/aromatic N) is 1. The molecular weight excluding hydrogens is 302 g/mol. The van der Waals surface area contributed by atoms with E-state index in [1.165, 1.54) is 0 Å². The maximum absolute atomic E-state index is 12.9. The minimum atomic E-state index is 0.0362. The van der Waals surface area contributed by atoms with Crippen LogP contribution in [0.4, 0.5) is 5.69 Å². The second-order valence-corrected chi connectivity index (χ2v) is 5.84. The normalized spacial score (nSPS) is 10.4. The molecule has 2 aromatic carbocycles. The van der Waals surface area contributed by atoms with Gasteiger partial charge in [0.1, 0.15) is 11.5 Å². The molecule has 0 unspecified atom stereocenters. The number of benzene rings is 2. The van der Waals surface area contributed by atoms with E-state index in [2.05, 4.69) is 6.07 Å². The van der Waals surface area contributed by atoms with Crippen molar-refractivity contribution >= 4 is 11.6 Å². The summed E-state index contributed by atoms with van der Waals surface area (Å²) < 4.78 is 10.6. The topological polar surface area (TPSA) is 38.8 Å². The summed E-state index contributed by atoms with van der Waals surface area (Å²) in [6.45, 7) is 6.69. The van der Waals surface area contributed by atoms with Crippen LogP contribution in [-0.4, -0.2) is 26.7 Å². The molecule has 2 rings (SSSR count). The molecule has 0 fully saturated rings. The number of methoxy groups -OCH3 is 2. The van der Waals surface area contributed by atoms with Gasteiger partial charge in [0.15, 0.2) is 0 Å². The molecule has 0 aromatic heterocycles. The lowest BCUT2D eigenvalue weighted by Gasteiger charge is -2.23. The molecule has 4 nitrogen and oxygen atoms in total. The lowest BCUT2D eigenvalue weighted by Crippen LogP contribution is -2.32. The Morgan fingerprint density at radius 3 is 2.21 bits per heavy atom. The Balaban J connectivity index is 2.29. The number of amides is 1. The Morgan fingerprint density at radius 1 is 1.00 bits per heavy atom. The lowest BCUT2D eigenvalue weighted by molar-refractivity contribution is -0.118. The Labute approximate surface area is 144 Å². The van der Waals surface area contributed by atoms with Crippen LogP contribution >= 0.6 is 0 Å². The van der Waals surface area contributed by atoms with E-state index in [0.29, 0.717) is 18.0 Å². The summed E-state index contributed by atoms with van der Waals surface area (Å²) in [5, 5.41) is 0. The van der Waals surface area contributed by atoms with Crippen molar-refractivity contribution in [1.82, 2.24) is 0 Å². The fraction of sp³-hybridized carbons (Fsp3) is 0.350. The van der Waals surface area contributed by atoms with Crippen LogP contribution in [0.25, 0.3) is 0 Å². The molecule has 4 heteroatoms. The molecule has 0 radical (unpaired) electrons. The third-order valence-corrected chi connectivity index (χ3v) is 3.96. The molecular formula is C20H25NO3. The van der Waals surface area contributed by atoms with Crippen molar-refractivity contribution in [3.8, 4) is 11.5 Å². The molecule has 0 aliphatic rings. The number of likely N-dealkylation sites (N-methyl/N-ethyl adjacent to an activating group) is 1. The van der Waals surface area contributed by atoms with Crippen molar-refractivity contribution in [3.63, 3.8) is 0 Å². The third kappa shape index (κ3) is 4.07. The van der Waals surface area contributed by atoms with Gasteiger partial charge in [-0.1, -0.05) is 6.07 Å². The number of rotatable bonds is 6. The van der Waals surface area contributed by atoms with Gasteiger partial charge >= 0.3 is 0 Å². The van der Waals surface area contributed by atoms with Crippen molar-refractivity contribution in [2.75, 3.05) is 25.7 Å². The summed E-state index contributed by atoms with van der Waals surface area (Å²) in [6.07, 6.45) is 0.265.